The summed E-state index contributed by atoms with van der Waals surface area (Å²) < 4.78 is 6.87. The van der Waals surface area contributed by atoms with Crippen LogP contribution in [0, 0.1) is 0 Å². The molecule has 3 aromatic rings. The maximum atomic E-state index is 12.8. The van der Waals surface area contributed by atoms with Crippen molar-refractivity contribution in [3.8, 4) is 5.75 Å². The van der Waals surface area contributed by atoms with Gasteiger partial charge in [-0.1, -0.05) is 12.1 Å². The topological polar surface area (TPSA) is 75.9 Å². The van der Waals surface area contributed by atoms with Gasteiger partial charge in [-0.3, -0.25) is 4.79 Å². The molecule has 3 aliphatic heterocycles. The molecule has 0 aliphatic carbocycles. The van der Waals surface area contributed by atoms with Crippen molar-refractivity contribution in [1.82, 2.24) is 24.7 Å². The van der Waals surface area contributed by atoms with E-state index in [-0.39, 0.29) is 18.0 Å². The average Bonchev–Trinajstić information content (AvgIpc) is 3.20. The zero-order chi connectivity index (χ0) is 19.1. The number of piperidine rings is 1. The van der Waals surface area contributed by atoms with Gasteiger partial charge in [-0.25, -0.2) is 0 Å². The lowest BCUT2D eigenvalue weighted by Crippen LogP contribution is -2.70. The van der Waals surface area contributed by atoms with Crippen LogP contribution in [0.25, 0.3) is 5.65 Å². The van der Waals surface area contributed by atoms with E-state index >= 15 is 0 Å². The minimum atomic E-state index is 0.249. The standard InChI is InChI=1S/C20H22N6O2/c1-28-17-5-2-14(3-6-17)4-9-20(27)26-15-10-16(26)12-24(11-15)19-8-7-18-22-21-13-25(18)23-19/h2-3,5-8,13,15-16H,4,9-12H2,1H3. The fraction of sp³-hybridized carbons (Fsp3) is 0.400. The Morgan fingerprint density at radius 2 is 1.93 bits per heavy atom. The Balaban J connectivity index is 1.20. The number of carbonyl (C=O) groups is 1. The Hall–Kier alpha value is -3.16. The van der Waals surface area contributed by atoms with Gasteiger partial charge in [-0.05, 0) is 42.7 Å². The van der Waals surface area contributed by atoms with Gasteiger partial charge in [-0.2, -0.15) is 4.52 Å². The van der Waals surface area contributed by atoms with Crippen molar-refractivity contribution >= 4 is 17.4 Å². The first-order valence-corrected chi connectivity index (χ1v) is 9.57. The fourth-order valence-electron chi connectivity index (χ4n) is 4.26. The summed E-state index contributed by atoms with van der Waals surface area (Å²) in [5, 5.41) is 12.4. The second-order valence-electron chi connectivity index (χ2n) is 7.42. The monoisotopic (exact) mass is 378 g/mol. The number of aryl methyl sites for hydroxylation is 1. The second kappa shape index (κ2) is 6.78. The molecular weight excluding hydrogens is 356 g/mol. The molecule has 0 radical (unpaired) electrons. The third kappa shape index (κ3) is 2.94. The molecule has 3 saturated heterocycles. The predicted molar refractivity (Wildman–Crippen MR) is 103 cm³/mol. The molecule has 1 amide bonds. The minimum absolute atomic E-state index is 0.249. The Morgan fingerprint density at radius 3 is 2.68 bits per heavy atom. The van der Waals surface area contributed by atoms with Gasteiger partial charge in [0.05, 0.1) is 19.2 Å². The van der Waals surface area contributed by atoms with Gasteiger partial charge < -0.3 is 14.5 Å². The highest BCUT2D eigenvalue weighted by Crippen LogP contribution is 2.34. The Labute approximate surface area is 162 Å². The molecule has 0 saturated carbocycles. The smallest absolute Gasteiger partial charge is 0.223 e. The summed E-state index contributed by atoms with van der Waals surface area (Å²) in [5.74, 6) is 2.00. The van der Waals surface area contributed by atoms with Crippen LogP contribution in [0.15, 0.2) is 42.7 Å². The van der Waals surface area contributed by atoms with Crippen molar-refractivity contribution < 1.29 is 9.53 Å². The van der Waals surface area contributed by atoms with E-state index in [0.717, 1.165) is 48.7 Å². The van der Waals surface area contributed by atoms with Gasteiger partial charge in [0.1, 0.15) is 17.9 Å². The number of hydrogen-bond donors (Lipinski definition) is 0. The van der Waals surface area contributed by atoms with Crippen molar-refractivity contribution in [3.63, 3.8) is 0 Å². The normalized spacial score (nSPS) is 20.9. The number of piperazine rings is 1. The zero-order valence-electron chi connectivity index (χ0n) is 15.7. The number of anilines is 1. The van der Waals surface area contributed by atoms with Crippen LogP contribution < -0.4 is 9.64 Å². The number of nitrogens with zero attached hydrogens (tertiary/aromatic N) is 6. The van der Waals surface area contributed by atoms with E-state index in [0.29, 0.717) is 6.42 Å². The molecule has 2 unspecified atom stereocenters. The Kier molecular flexibility index (Phi) is 4.11. The van der Waals surface area contributed by atoms with E-state index in [4.69, 9.17) is 4.74 Å². The van der Waals surface area contributed by atoms with Gasteiger partial charge in [0.25, 0.3) is 0 Å². The van der Waals surface area contributed by atoms with Crippen molar-refractivity contribution in [2.75, 3.05) is 25.1 Å². The first kappa shape index (κ1) is 17.0. The lowest BCUT2D eigenvalue weighted by molar-refractivity contribution is -0.146. The molecule has 6 rings (SSSR count). The molecule has 0 spiro atoms. The maximum Gasteiger partial charge on any atom is 0.223 e. The van der Waals surface area contributed by atoms with E-state index in [1.807, 2.05) is 36.4 Å². The molecule has 3 aliphatic rings. The highest BCUT2D eigenvalue weighted by atomic mass is 16.5. The zero-order valence-corrected chi connectivity index (χ0v) is 15.7. The van der Waals surface area contributed by atoms with Crippen LogP contribution in [0.2, 0.25) is 0 Å². The van der Waals surface area contributed by atoms with E-state index in [9.17, 15) is 4.79 Å². The number of methoxy groups -OCH3 is 1. The summed E-state index contributed by atoms with van der Waals surface area (Å²) >= 11 is 0. The van der Waals surface area contributed by atoms with Gasteiger partial charge in [0.2, 0.25) is 5.91 Å². The summed E-state index contributed by atoms with van der Waals surface area (Å²) in [5.41, 5.74) is 1.90. The van der Waals surface area contributed by atoms with Crippen LogP contribution in [-0.2, 0) is 11.2 Å². The summed E-state index contributed by atoms with van der Waals surface area (Å²) in [6, 6.07) is 12.4. The molecule has 2 aromatic heterocycles. The molecule has 28 heavy (non-hydrogen) atoms. The minimum Gasteiger partial charge on any atom is -0.497 e. The predicted octanol–water partition coefficient (Wildman–Crippen LogP) is 1.56. The first-order valence-electron chi connectivity index (χ1n) is 9.57. The molecule has 0 N–H and O–H groups in total. The van der Waals surface area contributed by atoms with E-state index in [1.54, 1.807) is 18.0 Å². The lowest BCUT2D eigenvalue weighted by atomic mass is 9.86. The van der Waals surface area contributed by atoms with E-state index in [2.05, 4.69) is 25.1 Å². The lowest BCUT2D eigenvalue weighted by Gasteiger charge is -2.56. The largest absolute Gasteiger partial charge is 0.497 e. The van der Waals surface area contributed by atoms with Crippen LogP contribution in [0.4, 0.5) is 5.82 Å². The maximum absolute atomic E-state index is 12.8. The summed E-state index contributed by atoms with van der Waals surface area (Å²) in [7, 11) is 1.66. The molecular formula is C20H22N6O2. The first-order chi connectivity index (χ1) is 13.7. The van der Waals surface area contributed by atoms with E-state index in [1.165, 1.54) is 0 Å². The number of aromatic nitrogens is 4. The second-order valence-corrected chi connectivity index (χ2v) is 7.42. The number of fused-ring (bicyclic) bond motifs is 3. The van der Waals surface area contributed by atoms with Crippen LogP contribution in [-0.4, -0.2) is 62.9 Å². The van der Waals surface area contributed by atoms with Crippen molar-refractivity contribution in [3.05, 3.63) is 48.3 Å². The number of benzene rings is 1. The van der Waals surface area contributed by atoms with E-state index < -0.39 is 0 Å². The fourth-order valence-corrected chi connectivity index (χ4v) is 4.26. The average molecular weight is 378 g/mol. The molecule has 5 heterocycles. The number of ether oxygens (including phenoxy) is 1. The molecule has 3 fully saturated rings. The Morgan fingerprint density at radius 1 is 1.14 bits per heavy atom. The molecule has 2 atom stereocenters. The highest BCUT2D eigenvalue weighted by molar-refractivity contribution is 5.78. The SMILES string of the molecule is COc1ccc(CCC(=O)N2C3CC2CN(c2ccc4nncn4n2)C3)cc1. The van der Waals surface area contributed by atoms with Crippen LogP contribution in [0.5, 0.6) is 5.75 Å². The summed E-state index contributed by atoms with van der Waals surface area (Å²) in [6.45, 7) is 1.65. The quantitative estimate of drug-likeness (QED) is 0.671. The molecule has 1 aromatic carbocycles. The highest BCUT2D eigenvalue weighted by Gasteiger charge is 2.47. The number of hydrogen-bond acceptors (Lipinski definition) is 6. The van der Waals surface area contributed by atoms with Gasteiger partial charge in [0, 0.05) is 19.5 Å². The van der Waals surface area contributed by atoms with Crippen molar-refractivity contribution in [2.45, 2.75) is 31.3 Å². The summed E-state index contributed by atoms with van der Waals surface area (Å²) in [4.78, 5) is 17.1. The third-order valence-corrected chi connectivity index (χ3v) is 5.74. The van der Waals surface area contributed by atoms with Crippen LogP contribution in [0.3, 0.4) is 0 Å². The van der Waals surface area contributed by atoms with Crippen molar-refractivity contribution in [1.29, 1.82) is 0 Å². The van der Waals surface area contributed by atoms with Crippen LogP contribution in [0.1, 0.15) is 18.4 Å². The number of amides is 1. The molecule has 144 valence electrons. The molecule has 2 bridgehead atoms. The molecule has 8 nitrogen and oxygen atoms in total. The number of carbonyl (C=O) groups excluding carboxylic acids is 1. The van der Waals surface area contributed by atoms with Gasteiger partial charge in [-0.15, -0.1) is 15.3 Å². The van der Waals surface area contributed by atoms with Crippen LogP contribution >= 0.6 is 0 Å². The summed E-state index contributed by atoms with van der Waals surface area (Å²) in [6.07, 6.45) is 4.00. The van der Waals surface area contributed by atoms with Gasteiger partial charge in [0.15, 0.2) is 5.65 Å². The third-order valence-electron chi connectivity index (χ3n) is 5.74. The number of rotatable bonds is 5. The van der Waals surface area contributed by atoms with Gasteiger partial charge >= 0.3 is 0 Å². The Bertz CT molecular complexity index is 989. The van der Waals surface area contributed by atoms with Crippen molar-refractivity contribution in [2.24, 2.45) is 0 Å². The molecule has 8 heteroatoms.